The molecule has 1 heterocycles. The molecule has 3 rings (SSSR count). The van der Waals surface area contributed by atoms with E-state index < -0.39 is 5.91 Å². The summed E-state index contributed by atoms with van der Waals surface area (Å²) < 4.78 is 13.4. The zero-order chi connectivity index (χ0) is 18.7. The van der Waals surface area contributed by atoms with Crippen LogP contribution in [-0.4, -0.2) is 21.0 Å². The summed E-state index contributed by atoms with van der Waals surface area (Å²) in [6.07, 6.45) is 1.47. The van der Waals surface area contributed by atoms with Crippen molar-refractivity contribution < 1.29 is 14.3 Å². The molecule has 3 aromatic rings. The molecule has 2 N–H and O–H groups in total. The van der Waals surface area contributed by atoms with E-state index in [-0.39, 0.29) is 18.2 Å². The number of nitrogens with one attached hydrogen (secondary N) is 1. The lowest BCUT2D eigenvalue weighted by atomic mass is 10.0. The molecule has 0 unspecified atom stereocenters. The van der Waals surface area contributed by atoms with Crippen molar-refractivity contribution in [1.82, 2.24) is 9.97 Å². The number of amides is 1. The Morgan fingerprint density at radius 3 is 2.54 bits per heavy atom. The van der Waals surface area contributed by atoms with Gasteiger partial charge in [-0.2, -0.15) is 0 Å². The molecular weight excluding hydrogens is 333 g/mol. The van der Waals surface area contributed by atoms with E-state index in [1.807, 2.05) is 26.0 Å². The Kier molecular flexibility index (Phi) is 5.04. The number of carbonyl (C=O) groups is 1. The number of nitrogens with zero attached hydrogens (tertiary/aromatic N) is 2. The molecule has 0 spiro atoms. The molecular formula is C20H18FN3O2. The van der Waals surface area contributed by atoms with Crippen LogP contribution in [0.1, 0.15) is 27.3 Å². The molecule has 5 nitrogen and oxygen atoms in total. The average molecular weight is 351 g/mol. The van der Waals surface area contributed by atoms with Crippen LogP contribution >= 0.6 is 0 Å². The minimum Gasteiger partial charge on any atom is -0.392 e. The maximum absolute atomic E-state index is 13.4. The van der Waals surface area contributed by atoms with Crippen LogP contribution in [0.2, 0.25) is 0 Å². The number of aliphatic hydroxyl groups is 1. The second-order valence-corrected chi connectivity index (χ2v) is 5.99. The normalized spacial score (nSPS) is 10.6. The molecule has 0 aliphatic carbocycles. The van der Waals surface area contributed by atoms with Gasteiger partial charge in [0.05, 0.1) is 12.3 Å². The monoisotopic (exact) mass is 351 g/mol. The Bertz CT molecular complexity index is 950. The van der Waals surface area contributed by atoms with Crippen LogP contribution in [-0.2, 0) is 6.61 Å². The predicted molar refractivity (Wildman–Crippen MR) is 97.2 cm³/mol. The third kappa shape index (κ3) is 3.75. The summed E-state index contributed by atoms with van der Waals surface area (Å²) in [5.74, 6) is -0.828. The van der Waals surface area contributed by atoms with Gasteiger partial charge in [0, 0.05) is 17.4 Å². The van der Waals surface area contributed by atoms with Crippen LogP contribution in [0.5, 0.6) is 0 Å². The van der Waals surface area contributed by atoms with Gasteiger partial charge < -0.3 is 10.4 Å². The molecule has 26 heavy (non-hydrogen) atoms. The van der Waals surface area contributed by atoms with E-state index in [2.05, 4.69) is 15.3 Å². The van der Waals surface area contributed by atoms with Crippen LogP contribution in [0, 0.1) is 19.7 Å². The molecule has 0 aliphatic rings. The van der Waals surface area contributed by atoms with Crippen LogP contribution in [0.25, 0.3) is 11.3 Å². The first-order valence-electron chi connectivity index (χ1n) is 8.09. The lowest BCUT2D eigenvalue weighted by Crippen LogP contribution is -2.17. The molecule has 0 saturated heterocycles. The first-order valence-corrected chi connectivity index (χ1v) is 8.09. The van der Waals surface area contributed by atoms with Crippen LogP contribution < -0.4 is 5.32 Å². The summed E-state index contributed by atoms with van der Waals surface area (Å²) in [7, 11) is 0. The average Bonchev–Trinajstić information content (AvgIpc) is 2.64. The Labute approximate surface area is 150 Å². The van der Waals surface area contributed by atoms with Gasteiger partial charge >= 0.3 is 0 Å². The lowest BCUT2D eigenvalue weighted by molar-refractivity contribution is 0.101. The van der Waals surface area contributed by atoms with Crippen molar-refractivity contribution in [2.24, 2.45) is 0 Å². The van der Waals surface area contributed by atoms with E-state index in [0.29, 0.717) is 16.9 Å². The second-order valence-electron chi connectivity index (χ2n) is 5.99. The summed E-state index contributed by atoms with van der Waals surface area (Å²) in [5, 5.41) is 12.1. The van der Waals surface area contributed by atoms with Gasteiger partial charge in [-0.1, -0.05) is 24.3 Å². The fourth-order valence-electron chi connectivity index (χ4n) is 2.79. The fraction of sp³-hybridized carbons (Fsp3) is 0.150. The smallest absolute Gasteiger partial charge is 0.293 e. The highest BCUT2D eigenvalue weighted by atomic mass is 19.1. The number of anilines is 1. The van der Waals surface area contributed by atoms with E-state index in [4.69, 9.17) is 0 Å². The number of hydrogen-bond donors (Lipinski definition) is 2. The molecule has 0 atom stereocenters. The molecule has 0 radical (unpaired) electrons. The number of hydrogen-bond acceptors (Lipinski definition) is 4. The Balaban J connectivity index is 1.89. The number of aryl methyl sites for hydroxylation is 2. The van der Waals surface area contributed by atoms with Crippen molar-refractivity contribution >= 4 is 11.6 Å². The molecule has 0 fully saturated rings. The van der Waals surface area contributed by atoms with Gasteiger partial charge in [0.2, 0.25) is 5.82 Å². The van der Waals surface area contributed by atoms with E-state index >= 15 is 0 Å². The van der Waals surface area contributed by atoms with Crippen molar-refractivity contribution in [3.05, 3.63) is 77.0 Å². The maximum Gasteiger partial charge on any atom is 0.293 e. The Morgan fingerprint density at radius 1 is 1.15 bits per heavy atom. The largest absolute Gasteiger partial charge is 0.392 e. The van der Waals surface area contributed by atoms with Crippen LogP contribution in [0.4, 0.5) is 10.1 Å². The minimum atomic E-state index is -0.453. The van der Waals surface area contributed by atoms with Crippen molar-refractivity contribution in [3.63, 3.8) is 0 Å². The predicted octanol–water partition coefficient (Wildman–Crippen LogP) is 3.64. The zero-order valence-electron chi connectivity index (χ0n) is 14.5. The second kappa shape index (κ2) is 7.41. The van der Waals surface area contributed by atoms with E-state index in [0.717, 1.165) is 16.7 Å². The zero-order valence-corrected chi connectivity index (χ0v) is 14.5. The highest BCUT2D eigenvalue weighted by Crippen LogP contribution is 2.23. The molecule has 0 aliphatic heterocycles. The number of carbonyl (C=O) groups excluding carboxylic acids is 1. The standard InChI is InChI=1S/C20H18FN3O2/c1-12-8-14(11-25)9-13(2)18(12)24-20(26)19-22-7-6-17(23-19)15-4-3-5-16(21)10-15/h3-10,25H,11H2,1-2H3,(H,24,26). The summed E-state index contributed by atoms with van der Waals surface area (Å²) in [6.45, 7) is 3.65. The highest BCUT2D eigenvalue weighted by molar-refractivity contribution is 6.02. The minimum absolute atomic E-state index is 0.00297. The SMILES string of the molecule is Cc1cc(CO)cc(C)c1NC(=O)c1nccc(-c2cccc(F)c2)n1. The summed E-state index contributed by atoms with van der Waals surface area (Å²) in [5.41, 5.74) is 4.15. The van der Waals surface area contributed by atoms with Gasteiger partial charge in [0.25, 0.3) is 5.91 Å². The molecule has 0 saturated carbocycles. The maximum atomic E-state index is 13.4. The fourth-order valence-corrected chi connectivity index (χ4v) is 2.79. The highest BCUT2D eigenvalue weighted by Gasteiger charge is 2.14. The molecule has 2 aromatic carbocycles. The van der Waals surface area contributed by atoms with E-state index in [9.17, 15) is 14.3 Å². The molecule has 132 valence electrons. The Morgan fingerprint density at radius 2 is 1.88 bits per heavy atom. The van der Waals surface area contributed by atoms with Crippen molar-refractivity contribution in [1.29, 1.82) is 0 Å². The topological polar surface area (TPSA) is 75.1 Å². The Hall–Kier alpha value is -3.12. The quantitative estimate of drug-likeness (QED) is 0.752. The van der Waals surface area contributed by atoms with Crippen LogP contribution in [0.15, 0.2) is 48.7 Å². The van der Waals surface area contributed by atoms with Crippen molar-refractivity contribution in [2.45, 2.75) is 20.5 Å². The summed E-state index contributed by atoms with van der Waals surface area (Å²) in [6, 6.07) is 11.3. The number of aliphatic hydroxyl groups excluding tert-OH is 1. The number of halogens is 1. The van der Waals surface area contributed by atoms with Crippen LogP contribution in [0.3, 0.4) is 0 Å². The number of rotatable bonds is 4. The third-order valence-electron chi connectivity index (χ3n) is 3.99. The van der Waals surface area contributed by atoms with Crippen molar-refractivity contribution in [2.75, 3.05) is 5.32 Å². The molecule has 1 amide bonds. The lowest BCUT2D eigenvalue weighted by Gasteiger charge is -2.13. The molecule has 6 heteroatoms. The number of benzene rings is 2. The molecule has 0 bridgehead atoms. The van der Waals surface area contributed by atoms with Gasteiger partial charge in [0.1, 0.15) is 5.82 Å². The van der Waals surface area contributed by atoms with Crippen molar-refractivity contribution in [3.8, 4) is 11.3 Å². The number of aromatic nitrogens is 2. The summed E-state index contributed by atoms with van der Waals surface area (Å²) >= 11 is 0. The van der Waals surface area contributed by atoms with Gasteiger partial charge in [-0.3, -0.25) is 4.79 Å². The first-order chi connectivity index (χ1) is 12.5. The molecule has 1 aromatic heterocycles. The van der Waals surface area contributed by atoms with Gasteiger partial charge in [0.15, 0.2) is 0 Å². The summed E-state index contributed by atoms with van der Waals surface area (Å²) in [4.78, 5) is 20.8. The first kappa shape index (κ1) is 17.7. The van der Waals surface area contributed by atoms with Gasteiger partial charge in [-0.15, -0.1) is 0 Å². The van der Waals surface area contributed by atoms with Gasteiger partial charge in [-0.25, -0.2) is 14.4 Å². The van der Waals surface area contributed by atoms with E-state index in [1.54, 1.807) is 18.2 Å². The third-order valence-corrected chi connectivity index (χ3v) is 3.99. The van der Waals surface area contributed by atoms with Gasteiger partial charge in [-0.05, 0) is 48.7 Å². The van der Waals surface area contributed by atoms with E-state index in [1.165, 1.54) is 18.3 Å².